The molecule has 0 radical (unpaired) electrons. The molecule has 0 fully saturated rings. The van der Waals surface area contributed by atoms with Crippen molar-refractivity contribution in [1.29, 1.82) is 0 Å². The minimum Gasteiger partial charge on any atom is -0.495 e. The highest BCUT2D eigenvalue weighted by molar-refractivity contribution is 6.41. The Kier molecular flexibility index (Phi) is 5.39. The highest BCUT2D eigenvalue weighted by atomic mass is 35.5. The van der Waals surface area contributed by atoms with Crippen LogP contribution in [0.5, 0.6) is 11.5 Å². The van der Waals surface area contributed by atoms with Crippen LogP contribution in [0, 0.1) is 0 Å². The Morgan fingerprint density at radius 1 is 1.08 bits per heavy atom. The van der Waals surface area contributed by atoms with E-state index in [0.717, 1.165) is 18.5 Å². The third kappa shape index (κ3) is 3.24. The van der Waals surface area contributed by atoms with Gasteiger partial charge in [-0.05, 0) is 18.6 Å². The highest BCUT2D eigenvalue weighted by Gasteiger charge is 2.20. The summed E-state index contributed by atoms with van der Waals surface area (Å²) in [7, 11) is 3.00. The summed E-state index contributed by atoms with van der Waals surface area (Å²) in [4.78, 5) is 19.9. The summed E-state index contributed by atoms with van der Waals surface area (Å²) in [6, 6.07) is 5.22. The molecule has 0 aliphatic rings. The minimum absolute atomic E-state index is 0.230. The van der Waals surface area contributed by atoms with E-state index in [0.29, 0.717) is 43.6 Å². The highest BCUT2D eigenvalue weighted by Crippen LogP contribution is 2.45. The average Bonchev–Trinajstić information content (AvgIpc) is 2.63. The monoisotopic (exact) mass is 392 g/mol. The van der Waals surface area contributed by atoms with E-state index in [1.54, 1.807) is 18.3 Å². The number of aromatic amines is 1. The molecule has 3 aromatic rings. The molecule has 2 aromatic heterocycles. The molecule has 2 heterocycles. The molecule has 3 rings (SSSR count). The van der Waals surface area contributed by atoms with Gasteiger partial charge in [0.25, 0.3) is 5.56 Å². The van der Waals surface area contributed by atoms with Crippen LogP contribution < -0.4 is 15.0 Å². The maximum Gasteiger partial charge on any atom is 0.256 e. The molecule has 26 heavy (non-hydrogen) atoms. The predicted molar refractivity (Wildman–Crippen MR) is 105 cm³/mol. The summed E-state index contributed by atoms with van der Waals surface area (Å²) >= 11 is 12.9. The number of H-pyrrole nitrogens is 1. The summed E-state index contributed by atoms with van der Waals surface area (Å²) in [5.74, 6) is 0.806. The Labute approximate surface area is 160 Å². The quantitative estimate of drug-likeness (QED) is 0.672. The summed E-state index contributed by atoms with van der Waals surface area (Å²) in [5, 5.41) is 1.87. The van der Waals surface area contributed by atoms with Crippen molar-refractivity contribution in [2.24, 2.45) is 0 Å². The van der Waals surface area contributed by atoms with Crippen molar-refractivity contribution in [2.45, 2.75) is 19.8 Å². The first-order valence-electron chi connectivity index (χ1n) is 8.12. The Morgan fingerprint density at radius 2 is 1.73 bits per heavy atom. The van der Waals surface area contributed by atoms with Gasteiger partial charge in [0.15, 0.2) is 0 Å². The predicted octanol–water partition coefficient (Wildman–Crippen LogP) is 4.87. The number of methoxy groups -OCH3 is 2. The van der Waals surface area contributed by atoms with Gasteiger partial charge >= 0.3 is 0 Å². The molecule has 5 nitrogen and oxygen atoms in total. The molecule has 0 bridgehead atoms. The first-order chi connectivity index (χ1) is 12.5. The van der Waals surface area contributed by atoms with Crippen LogP contribution in [0.3, 0.4) is 0 Å². The van der Waals surface area contributed by atoms with E-state index in [1.807, 2.05) is 6.07 Å². The Hall–Kier alpha value is -2.24. The Bertz CT molecular complexity index is 1000. The van der Waals surface area contributed by atoms with Gasteiger partial charge in [0.05, 0.1) is 35.3 Å². The topological polar surface area (TPSA) is 64.2 Å². The third-order valence-electron chi connectivity index (χ3n) is 4.13. The van der Waals surface area contributed by atoms with Gasteiger partial charge in [-0.1, -0.05) is 36.5 Å². The molecule has 0 atom stereocenters. The van der Waals surface area contributed by atoms with Crippen LogP contribution in [0.1, 0.15) is 19.0 Å². The lowest BCUT2D eigenvalue weighted by Crippen LogP contribution is -2.09. The molecule has 0 amide bonds. The Balaban J connectivity index is 2.26. The number of nitrogens with zero attached hydrogens (tertiary/aromatic N) is 1. The SMILES string of the molecule is CCCc1cc2c(=O)[nH]c(-c3c(Cl)c(OC)cc(OC)c3Cl)cc2cn1. The number of rotatable bonds is 5. The smallest absolute Gasteiger partial charge is 0.256 e. The number of hydrogen-bond acceptors (Lipinski definition) is 4. The van der Waals surface area contributed by atoms with Crippen molar-refractivity contribution in [2.75, 3.05) is 14.2 Å². The van der Waals surface area contributed by atoms with Crippen molar-refractivity contribution in [3.8, 4) is 22.8 Å². The molecule has 7 heteroatoms. The molecule has 0 spiro atoms. The van der Waals surface area contributed by atoms with Gasteiger partial charge < -0.3 is 14.5 Å². The fourth-order valence-electron chi connectivity index (χ4n) is 2.85. The zero-order valence-electron chi connectivity index (χ0n) is 14.7. The van der Waals surface area contributed by atoms with Gasteiger partial charge in [0, 0.05) is 28.9 Å². The molecule has 1 N–H and O–H groups in total. The number of fused-ring (bicyclic) bond motifs is 1. The van der Waals surface area contributed by atoms with Crippen molar-refractivity contribution < 1.29 is 9.47 Å². The lowest BCUT2D eigenvalue weighted by molar-refractivity contribution is 0.395. The van der Waals surface area contributed by atoms with E-state index >= 15 is 0 Å². The maximum absolute atomic E-state index is 12.6. The van der Waals surface area contributed by atoms with Gasteiger partial charge in [-0.2, -0.15) is 0 Å². The number of nitrogens with one attached hydrogen (secondary N) is 1. The number of aryl methyl sites for hydroxylation is 1. The number of hydrogen-bond donors (Lipinski definition) is 1. The maximum atomic E-state index is 12.6. The second kappa shape index (κ2) is 7.56. The van der Waals surface area contributed by atoms with Crippen LogP contribution in [0.4, 0.5) is 0 Å². The largest absolute Gasteiger partial charge is 0.495 e. The summed E-state index contributed by atoms with van der Waals surface area (Å²) in [5.41, 5.74) is 1.57. The van der Waals surface area contributed by atoms with E-state index in [9.17, 15) is 4.79 Å². The number of aromatic nitrogens is 2. The number of ether oxygens (including phenoxy) is 2. The van der Waals surface area contributed by atoms with Crippen molar-refractivity contribution in [3.05, 3.63) is 50.5 Å². The summed E-state index contributed by atoms with van der Waals surface area (Å²) in [6.07, 6.45) is 3.48. The second-order valence-corrected chi connectivity index (χ2v) is 6.57. The molecule has 0 saturated heterocycles. The van der Waals surface area contributed by atoms with Crippen molar-refractivity contribution >= 4 is 34.0 Å². The molecule has 136 valence electrons. The number of benzene rings is 1. The summed E-state index contributed by atoms with van der Waals surface area (Å²) < 4.78 is 10.6. The molecule has 0 saturated carbocycles. The van der Waals surface area contributed by atoms with E-state index in [-0.39, 0.29) is 5.56 Å². The normalized spacial score (nSPS) is 11.0. The zero-order valence-corrected chi connectivity index (χ0v) is 16.2. The van der Waals surface area contributed by atoms with Gasteiger partial charge in [0.1, 0.15) is 11.5 Å². The lowest BCUT2D eigenvalue weighted by atomic mass is 10.1. The van der Waals surface area contributed by atoms with Crippen LogP contribution in [-0.4, -0.2) is 24.2 Å². The van der Waals surface area contributed by atoms with Crippen LogP contribution in [0.25, 0.3) is 22.0 Å². The van der Waals surface area contributed by atoms with Crippen LogP contribution >= 0.6 is 23.2 Å². The van der Waals surface area contributed by atoms with Crippen LogP contribution in [-0.2, 0) is 6.42 Å². The lowest BCUT2D eigenvalue weighted by Gasteiger charge is -2.15. The number of pyridine rings is 2. The molecule has 0 aliphatic heterocycles. The number of halogens is 2. The van der Waals surface area contributed by atoms with Gasteiger partial charge in [-0.25, -0.2) is 0 Å². The van der Waals surface area contributed by atoms with E-state index < -0.39 is 0 Å². The fraction of sp³-hybridized carbons (Fsp3) is 0.263. The molecular formula is C19H18Cl2N2O3. The van der Waals surface area contributed by atoms with Crippen LogP contribution in [0.15, 0.2) is 29.2 Å². The molecule has 1 aromatic carbocycles. The minimum atomic E-state index is -0.230. The molecule has 0 aliphatic carbocycles. The second-order valence-electron chi connectivity index (χ2n) is 5.81. The first kappa shape index (κ1) is 18.5. The van der Waals surface area contributed by atoms with Gasteiger partial charge in [-0.3, -0.25) is 9.78 Å². The van der Waals surface area contributed by atoms with E-state index in [1.165, 1.54) is 14.2 Å². The fourth-order valence-corrected chi connectivity index (χ4v) is 3.56. The summed E-state index contributed by atoms with van der Waals surface area (Å²) in [6.45, 7) is 2.07. The van der Waals surface area contributed by atoms with Gasteiger partial charge in [0.2, 0.25) is 0 Å². The van der Waals surface area contributed by atoms with E-state index in [4.69, 9.17) is 32.7 Å². The third-order valence-corrected chi connectivity index (χ3v) is 4.88. The average molecular weight is 393 g/mol. The standard InChI is InChI=1S/C19H18Cl2N2O3/c1-4-5-11-7-12-10(9-22-11)6-13(23-19(12)24)16-17(20)14(25-2)8-15(26-3)18(16)21/h6-9H,4-5H2,1-3H3,(H,23,24). The molecular weight excluding hydrogens is 375 g/mol. The first-order valence-corrected chi connectivity index (χ1v) is 8.88. The van der Waals surface area contributed by atoms with E-state index in [2.05, 4.69) is 16.9 Å². The van der Waals surface area contributed by atoms with Gasteiger partial charge in [-0.15, -0.1) is 0 Å². The van der Waals surface area contributed by atoms with Crippen molar-refractivity contribution in [3.63, 3.8) is 0 Å². The van der Waals surface area contributed by atoms with Crippen molar-refractivity contribution in [1.82, 2.24) is 9.97 Å². The Morgan fingerprint density at radius 3 is 2.31 bits per heavy atom. The zero-order chi connectivity index (χ0) is 18.8. The van der Waals surface area contributed by atoms with Crippen LogP contribution in [0.2, 0.25) is 10.0 Å². The molecule has 0 unspecified atom stereocenters.